The quantitative estimate of drug-likeness (QED) is 0.654. The molecule has 0 amide bonds. The Morgan fingerprint density at radius 2 is 1.90 bits per heavy atom. The van der Waals surface area contributed by atoms with Crippen LogP contribution < -0.4 is 11.1 Å². The van der Waals surface area contributed by atoms with Crippen LogP contribution in [0.3, 0.4) is 0 Å². The number of hydrogen-bond donors (Lipinski definition) is 0. The van der Waals surface area contributed by atoms with Crippen molar-refractivity contribution in [1.82, 2.24) is 19.0 Å². The highest BCUT2D eigenvalue weighted by molar-refractivity contribution is 5.77. The molecule has 0 saturated carbocycles. The molecule has 2 aromatic heterocycles. The topological polar surface area (TPSA) is 60.1 Å². The van der Waals surface area contributed by atoms with Crippen molar-refractivity contribution < 1.29 is 13.2 Å². The van der Waals surface area contributed by atoms with Crippen LogP contribution in [-0.4, -0.2) is 31.7 Å². The van der Waals surface area contributed by atoms with E-state index in [0.29, 0.717) is 25.0 Å². The van der Waals surface area contributed by atoms with E-state index in [1.807, 2.05) is 4.90 Å². The van der Waals surface area contributed by atoms with Crippen LogP contribution in [0.4, 0.5) is 13.2 Å². The van der Waals surface area contributed by atoms with Crippen molar-refractivity contribution in [3.8, 4) is 0 Å². The molecule has 1 aliphatic heterocycles. The van der Waals surface area contributed by atoms with Gasteiger partial charge in [-0.15, -0.1) is 0 Å². The van der Waals surface area contributed by atoms with Crippen LogP contribution in [-0.2, 0) is 20.1 Å². The molecule has 9 heteroatoms. The minimum atomic E-state index is -4.54. The maximum absolute atomic E-state index is 13.3. The van der Waals surface area contributed by atoms with E-state index >= 15 is 0 Å². The maximum Gasteiger partial charge on any atom is 0.406 e. The van der Waals surface area contributed by atoms with Gasteiger partial charge in [0.15, 0.2) is 0 Å². The number of likely N-dealkylation sites (tertiary alicyclic amines) is 1. The van der Waals surface area contributed by atoms with Crippen molar-refractivity contribution >= 4 is 10.9 Å². The molecule has 0 bridgehead atoms. The van der Waals surface area contributed by atoms with Crippen LogP contribution in [0, 0.1) is 0 Å². The highest BCUT2D eigenvalue weighted by Crippen LogP contribution is 2.33. The molecule has 0 aliphatic carbocycles. The van der Waals surface area contributed by atoms with Gasteiger partial charge < -0.3 is 4.57 Å². The summed E-state index contributed by atoms with van der Waals surface area (Å²) in [4.78, 5) is 31.0. The number of rotatable bonds is 4. The van der Waals surface area contributed by atoms with Crippen LogP contribution in [0.1, 0.15) is 30.3 Å². The second-order valence-electron chi connectivity index (χ2n) is 7.61. The fraction of sp³-hybridized carbons (Fsp3) is 0.381. The van der Waals surface area contributed by atoms with Crippen LogP contribution in [0.25, 0.3) is 10.9 Å². The smallest absolute Gasteiger partial charge is 0.318 e. The molecule has 30 heavy (non-hydrogen) atoms. The van der Waals surface area contributed by atoms with Crippen molar-refractivity contribution in [2.45, 2.75) is 38.1 Å². The van der Waals surface area contributed by atoms with Crippen molar-refractivity contribution in [2.24, 2.45) is 7.05 Å². The summed E-state index contributed by atoms with van der Waals surface area (Å²) in [5, 5.41) is 0.174. The highest BCUT2D eigenvalue weighted by atomic mass is 19.4. The molecule has 3 heterocycles. The SMILES string of the molecule is Cn1cc(CN2CCCC2c2nc3ccccc3c(=O)n2CC(F)(F)F)ccc1=O. The fourth-order valence-corrected chi connectivity index (χ4v) is 4.06. The molecule has 0 spiro atoms. The van der Waals surface area contributed by atoms with Crippen molar-refractivity contribution in [3.63, 3.8) is 0 Å². The lowest BCUT2D eigenvalue weighted by atomic mass is 10.1. The number of aryl methyl sites for hydroxylation is 1. The first-order valence-corrected chi connectivity index (χ1v) is 9.69. The normalized spacial score (nSPS) is 17.7. The Balaban J connectivity index is 1.78. The molecular formula is C21H21F3N4O2. The van der Waals surface area contributed by atoms with Gasteiger partial charge in [-0.2, -0.15) is 13.2 Å². The lowest BCUT2D eigenvalue weighted by Gasteiger charge is -2.27. The summed E-state index contributed by atoms with van der Waals surface area (Å²) < 4.78 is 42.1. The zero-order chi connectivity index (χ0) is 21.5. The van der Waals surface area contributed by atoms with Gasteiger partial charge in [0.05, 0.1) is 16.9 Å². The minimum absolute atomic E-state index is 0.132. The number of pyridine rings is 1. The second-order valence-corrected chi connectivity index (χ2v) is 7.61. The number of para-hydroxylation sites is 1. The van der Waals surface area contributed by atoms with E-state index in [9.17, 15) is 22.8 Å². The molecule has 0 N–H and O–H groups in total. The average Bonchev–Trinajstić information content (AvgIpc) is 3.14. The summed E-state index contributed by atoms with van der Waals surface area (Å²) in [6.45, 7) is -0.251. The Kier molecular flexibility index (Phi) is 5.23. The molecule has 6 nitrogen and oxygen atoms in total. The standard InChI is InChI=1S/C21H21F3N4O2/c1-26-11-14(8-9-18(26)29)12-27-10-4-7-17(27)19-25-16-6-3-2-5-15(16)20(30)28(19)13-21(22,23)24/h2-3,5-6,8-9,11,17H,4,7,10,12-13H2,1H3. The molecule has 1 fully saturated rings. The fourth-order valence-electron chi connectivity index (χ4n) is 4.06. The maximum atomic E-state index is 13.3. The third-order valence-electron chi connectivity index (χ3n) is 5.42. The van der Waals surface area contributed by atoms with Gasteiger partial charge in [-0.25, -0.2) is 4.98 Å². The molecule has 1 saturated heterocycles. The highest BCUT2D eigenvalue weighted by Gasteiger charge is 2.35. The summed E-state index contributed by atoms with van der Waals surface area (Å²) in [7, 11) is 1.65. The number of benzene rings is 1. The predicted molar refractivity (Wildman–Crippen MR) is 106 cm³/mol. The summed E-state index contributed by atoms with van der Waals surface area (Å²) in [6.07, 6.45) is -1.43. The van der Waals surface area contributed by atoms with Gasteiger partial charge in [-0.3, -0.25) is 19.1 Å². The third-order valence-corrected chi connectivity index (χ3v) is 5.42. The monoisotopic (exact) mass is 418 g/mol. The summed E-state index contributed by atoms with van der Waals surface area (Å²) >= 11 is 0. The van der Waals surface area contributed by atoms with E-state index in [1.54, 1.807) is 37.5 Å². The number of nitrogens with zero attached hydrogens (tertiary/aromatic N) is 4. The van der Waals surface area contributed by atoms with Gasteiger partial charge in [0.25, 0.3) is 5.56 Å². The van der Waals surface area contributed by atoms with Gasteiger partial charge >= 0.3 is 6.18 Å². The van der Waals surface area contributed by atoms with Crippen LogP contribution in [0.2, 0.25) is 0 Å². The number of halogens is 3. The Labute approximate surface area is 170 Å². The number of aromatic nitrogens is 3. The van der Waals surface area contributed by atoms with E-state index in [-0.39, 0.29) is 16.8 Å². The largest absolute Gasteiger partial charge is 0.406 e. The van der Waals surface area contributed by atoms with Crippen molar-refractivity contribution in [1.29, 1.82) is 0 Å². The zero-order valence-electron chi connectivity index (χ0n) is 16.4. The first-order valence-electron chi connectivity index (χ1n) is 9.69. The van der Waals surface area contributed by atoms with E-state index in [2.05, 4.69) is 4.98 Å². The Hall–Kier alpha value is -2.94. The lowest BCUT2D eigenvalue weighted by Crippen LogP contribution is -2.35. The molecular weight excluding hydrogens is 397 g/mol. The molecule has 158 valence electrons. The molecule has 4 rings (SSSR count). The van der Waals surface area contributed by atoms with E-state index in [1.165, 1.54) is 16.7 Å². The number of fused-ring (bicyclic) bond motifs is 1. The third kappa shape index (κ3) is 4.02. The van der Waals surface area contributed by atoms with Gasteiger partial charge in [-0.05, 0) is 37.1 Å². The predicted octanol–water partition coefficient (Wildman–Crippen LogP) is 2.99. The average molecular weight is 418 g/mol. The molecule has 1 aromatic carbocycles. The zero-order valence-corrected chi connectivity index (χ0v) is 16.4. The lowest BCUT2D eigenvalue weighted by molar-refractivity contribution is -0.142. The first kappa shape index (κ1) is 20.3. The van der Waals surface area contributed by atoms with Crippen molar-refractivity contribution in [2.75, 3.05) is 6.54 Å². The number of hydrogen-bond acceptors (Lipinski definition) is 4. The molecule has 1 aliphatic rings. The van der Waals surface area contributed by atoms with Gasteiger partial charge in [0.1, 0.15) is 12.4 Å². The van der Waals surface area contributed by atoms with E-state index in [0.717, 1.165) is 16.6 Å². The molecule has 3 aromatic rings. The van der Waals surface area contributed by atoms with Crippen molar-refractivity contribution in [3.05, 3.63) is 74.7 Å². The van der Waals surface area contributed by atoms with Gasteiger partial charge in [0.2, 0.25) is 5.56 Å². The van der Waals surface area contributed by atoms with E-state index in [4.69, 9.17) is 0 Å². The summed E-state index contributed by atoms with van der Waals surface area (Å²) in [5.74, 6) is 0.137. The second kappa shape index (κ2) is 7.71. The van der Waals surface area contributed by atoms with Crippen LogP contribution in [0.5, 0.6) is 0 Å². The van der Waals surface area contributed by atoms with Gasteiger partial charge in [-0.1, -0.05) is 18.2 Å². The van der Waals surface area contributed by atoms with Gasteiger partial charge in [0, 0.05) is 25.9 Å². The van der Waals surface area contributed by atoms with Crippen LogP contribution >= 0.6 is 0 Å². The van der Waals surface area contributed by atoms with Crippen LogP contribution in [0.15, 0.2) is 52.2 Å². The Morgan fingerprint density at radius 1 is 1.13 bits per heavy atom. The van der Waals surface area contributed by atoms with E-state index < -0.39 is 24.3 Å². The molecule has 1 unspecified atom stereocenters. The summed E-state index contributed by atoms with van der Waals surface area (Å²) in [5.41, 5.74) is 0.452. The first-order chi connectivity index (χ1) is 14.2. The molecule has 0 radical (unpaired) electrons. The minimum Gasteiger partial charge on any atom is -0.318 e. The summed E-state index contributed by atoms with van der Waals surface area (Å²) in [6, 6.07) is 9.24. The number of alkyl halides is 3. The Morgan fingerprint density at radius 3 is 2.63 bits per heavy atom. The molecule has 1 atom stereocenters. The Bertz CT molecular complexity index is 1200.